The van der Waals surface area contributed by atoms with E-state index < -0.39 is 11.8 Å². The van der Waals surface area contributed by atoms with E-state index in [4.69, 9.17) is 0 Å². The van der Waals surface area contributed by atoms with Gasteiger partial charge in [-0.15, -0.1) is 0 Å². The number of carbonyl (C=O) groups excluding carboxylic acids is 3. The Bertz CT molecular complexity index is 985. The smallest absolute Gasteiger partial charge is 0.321 e. The molecule has 0 unspecified atom stereocenters. The fourth-order valence-corrected chi connectivity index (χ4v) is 4.22. The van der Waals surface area contributed by atoms with Gasteiger partial charge in [-0.1, -0.05) is 29.8 Å². The van der Waals surface area contributed by atoms with Gasteiger partial charge in [-0.2, -0.15) is 0 Å². The number of hydrogen-bond acceptors (Lipinski definition) is 3. The second-order valence-electron chi connectivity index (χ2n) is 8.37. The number of benzene rings is 2. The lowest BCUT2D eigenvalue weighted by atomic mass is 10.0. The average Bonchev–Trinajstić information content (AvgIpc) is 2.80. The van der Waals surface area contributed by atoms with Crippen LogP contribution < -0.4 is 5.32 Å². The minimum Gasteiger partial charge on any atom is -0.330 e. The number of aryl methyl sites for hydroxylation is 1. The molecule has 1 N–H and O–H groups in total. The van der Waals surface area contributed by atoms with E-state index in [1.807, 2.05) is 31.2 Å². The van der Waals surface area contributed by atoms with Crippen LogP contribution in [0.1, 0.15) is 24.0 Å². The van der Waals surface area contributed by atoms with Gasteiger partial charge in [0.2, 0.25) is 0 Å². The first-order valence-electron chi connectivity index (χ1n) is 10.9. The summed E-state index contributed by atoms with van der Waals surface area (Å²) in [5.41, 5.74) is 2.69. The zero-order valence-electron chi connectivity index (χ0n) is 18.1. The van der Waals surface area contributed by atoms with Crippen LogP contribution in [0.25, 0.3) is 0 Å². The van der Waals surface area contributed by atoms with E-state index >= 15 is 0 Å². The minimum absolute atomic E-state index is 0.0529. The maximum Gasteiger partial charge on any atom is 0.321 e. The topological polar surface area (TPSA) is 73.0 Å². The largest absolute Gasteiger partial charge is 0.330 e. The number of likely N-dealkylation sites (tertiary alicyclic amines) is 1. The molecule has 0 spiro atoms. The van der Waals surface area contributed by atoms with E-state index in [0.29, 0.717) is 51.3 Å². The Kier molecular flexibility index (Phi) is 6.39. The Balaban J connectivity index is 1.28. The molecule has 7 nitrogen and oxygen atoms in total. The normalized spacial score (nSPS) is 17.6. The number of rotatable bonds is 4. The number of anilines is 1. The number of halogens is 1. The molecule has 2 saturated heterocycles. The van der Waals surface area contributed by atoms with E-state index in [1.54, 1.807) is 14.7 Å². The Labute approximate surface area is 186 Å². The third-order valence-electron chi connectivity index (χ3n) is 6.12. The van der Waals surface area contributed by atoms with Crippen LogP contribution in [0.5, 0.6) is 0 Å². The number of nitrogens with one attached hydrogen (secondary N) is 1. The first-order valence-corrected chi connectivity index (χ1v) is 10.9. The van der Waals surface area contributed by atoms with Crippen LogP contribution in [0.4, 0.5) is 14.9 Å². The highest BCUT2D eigenvalue weighted by Gasteiger charge is 2.38. The summed E-state index contributed by atoms with van der Waals surface area (Å²) in [5.74, 6) is -1.28. The van der Waals surface area contributed by atoms with Crippen LogP contribution in [0, 0.1) is 12.7 Å². The van der Waals surface area contributed by atoms with Gasteiger partial charge < -0.3 is 20.0 Å². The van der Waals surface area contributed by atoms with Crippen molar-refractivity contribution >= 4 is 23.5 Å². The Morgan fingerprint density at radius 1 is 0.938 bits per heavy atom. The zero-order valence-corrected chi connectivity index (χ0v) is 18.1. The van der Waals surface area contributed by atoms with Crippen molar-refractivity contribution in [3.63, 3.8) is 0 Å². The molecule has 0 bridgehead atoms. The summed E-state index contributed by atoms with van der Waals surface area (Å²) < 4.78 is 13.0. The number of carbonyl (C=O) groups is 3. The quantitative estimate of drug-likeness (QED) is 0.746. The molecule has 2 aliphatic heterocycles. The highest BCUT2D eigenvalue weighted by molar-refractivity contribution is 6.35. The Morgan fingerprint density at radius 3 is 2.25 bits per heavy atom. The standard InChI is InChI=1S/C24H27FN4O3/c1-17-2-4-18(5-3-17)16-28-14-15-29(23(31)22(28)30)21-10-12-27(13-11-21)24(32)26-20-8-6-19(25)7-9-20/h2-9,21H,10-16H2,1H3,(H,26,32). The molecule has 0 aromatic heterocycles. The van der Waals surface area contributed by atoms with Crippen molar-refractivity contribution in [2.45, 2.75) is 32.4 Å². The third-order valence-corrected chi connectivity index (χ3v) is 6.12. The van der Waals surface area contributed by atoms with Crippen molar-refractivity contribution in [1.82, 2.24) is 14.7 Å². The van der Waals surface area contributed by atoms with Gasteiger partial charge in [0.15, 0.2) is 0 Å². The second kappa shape index (κ2) is 9.38. The van der Waals surface area contributed by atoms with E-state index in [9.17, 15) is 18.8 Å². The molecule has 8 heteroatoms. The predicted octanol–water partition coefficient (Wildman–Crippen LogP) is 3.00. The van der Waals surface area contributed by atoms with E-state index in [0.717, 1.165) is 11.1 Å². The molecule has 0 atom stereocenters. The third kappa shape index (κ3) is 4.90. The zero-order chi connectivity index (χ0) is 22.7. The van der Waals surface area contributed by atoms with Crippen molar-refractivity contribution in [3.05, 3.63) is 65.5 Å². The lowest BCUT2D eigenvalue weighted by molar-refractivity contribution is -0.158. The first kappa shape index (κ1) is 21.8. The van der Waals surface area contributed by atoms with Gasteiger partial charge in [0.1, 0.15) is 5.82 Å². The lowest BCUT2D eigenvalue weighted by Crippen LogP contribution is -2.59. The Morgan fingerprint density at radius 2 is 1.59 bits per heavy atom. The van der Waals surface area contributed by atoms with Crippen molar-refractivity contribution in [2.75, 3.05) is 31.5 Å². The molecule has 2 heterocycles. The van der Waals surface area contributed by atoms with Gasteiger partial charge in [-0.3, -0.25) is 9.59 Å². The number of piperazine rings is 1. The SMILES string of the molecule is Cc1ccc(CN2CCN(C3CCN(C(=O)Nc4ccc(F)cc4)CC3)C(=O)C2=O)cc1. The van der Waals surface area contributed by atoms with Crippen molar-refractivity contribution in [3.8, 4) is 0 Å². The molecular weight excluding hydrogens is 411 g/mol. The van der Waals surface area contributed by atoms with Gasteiger partial charge in [0, 0.05) is 44.5 Å². The lowest BCUT2D eigenvalue weighted by Gasteiger charge is -2.42. The molecule has 2 aliphatic rings. The minimum atomic E-state index is -0.465. The summed E-state index contributed by atoms with van der Waals surface area (Å²) in [5, 5.41) is 2.76. The van der Waals surface area contributed by atoms with E-state index in [2.05, 4.69) is 5.32 Å². The fourth-order valence-electron chi connectivity index (χ4n) is 4.22. The number of piperidine rings is 1. The summed E-state index contributed by atoms with van der Waals surface area (Å²) in [6.45, 7) is 4.42. The molecular formula is C24H27FN4O3. The fraction of sp³-hybridized carbons (Fsp3) is 0.375. The van der Waals surface area contributed by atoms with E-state index in [-0.39, 0.29) is 17.9 Å². The predicted molar refractivity (Wildman–Crippen MR) is 118 cm³/mol. The van der Waals surface area contributed by atoms with Crippen LogP contribution in [0.2, 0.25) is 0 Å². The molecule has 0 saturated carbocycles. The summed E-state index contributed by atoms with van der Waals surface area (Å²) in [6, 6.07) is 13.3. The highest BCUT2D eigenvalue weighted by atomic mass is 19.1. The highest BCUT2D eigenvalue weighted by Crippen LogP contribution is 2.21. The monoisotopic (exact) mass is 438 g/mol. The van der Waals surface area contributed by atoms with Crippen LogP contribution in [-0.4, -0.2) is 64.8 Å². The summed E-state index contributed by atoms with van der Waals surface area (Å²) in [4.78, 5) is 42.9. The molecule has 0 radical (unpaired) electrons. The average molecular weight is 439 g/mol. The maximum atomic E-state index is 13.0. The summed E-state index contributed by atoms with van der Waals surface area (Å²) in [6.07, 6.45) is 1.24. The summed E-state index contributed by atoms with van der Waals surface area (Å²) in [7, 11) is 0. The molecule has 4 rings (SSSR count). The molecule has 2 aromatic rings. The van der Waals surface area contributed by atoms with Crippen LogP contribution in [-0.2, 0) is 16.1 Å². The molecule has 168 valence electrons. The molecule has 2 fully saturated rings. The van der Waals surface area contributed by atoms with Crippen LogP contribution in [0.3, 0.4) is 0 Å². The maximum absolute atomic E-state index is 13.0. The van der Waals surface area contributed by atoms with Crippen molar-refractivity contribution in [2.24, 2.45) is 0 Å². The first-order chi connectivity index (χ1) is 15.4. The van der Waals surface area contributed by atoms with Gasteiger partial charge >= 0.3 is 17.8 Å². The number of nitrogens with zero attached hydrogens (tertiary/aromatic N) is 3. The summed E-state index contributed by atoms with van der Waals surface area (Å²) >= 11 is 0. The number of urea groups is 1. The molecule has 2 aromatic carbocycles. The van der Waals surface area contributed by atoms with Gasteiger partial charge in [-0.05, 0) is 49.6 Å². The second-order valence-corrected chi connectivity index (χ2v) is 8.37. The van der Waals surface area contributed by atoms with Crippen molar-refractivity contribution < 1.29 is 18.8 Å². The number of amides is 4. The van der Waals surface area contributed by atoms with Gasteiger partial charge in [0.25, 0.3) is 0 Å². The van der Waals surface area contributed by atoms with Gasteiger partial charge in [-0.25, -0.2) is 9.18 Å². The number of hydrogen-bond donors (Lipinski definition) is 1. The van der Waals surface area contributed by atoms with Crippen molar-refractivity contribution in [1.29, 1.82) is 0 Å². The van der Waals surface area contributed by atoms with E-state index in [1.165, 1.54) is 24.3 Å². The molecule has 32 heavy (non-hydrogen) atoms. The van der Waals surface area contributed by atoms with Crippen LogP contribution >= 0.6 is 0 Å². The molecule has 0 aliphatic carbocycles. The van der Waals surface area contributed by atoms with Gasteiger partial charge in [0.05, 0.1) is 0 Å². The molecule has 4 amide bonds. The van der Waals surface area contributed by atoms with Crippen LogP contribution in [0.15, 0.2) is 48.5 Å². The Hall–Kier alpha value is -3.42.